The lowest BCUT2D eigenvalue weighted by Crippen LogP contribution is -2.44. The Morgan fingerprint density at radius 2 is 2.00 bits per heavy atom. The minimum Gasteiger partial charge on any atom is -0.308 e. The van der Waals surface area contributed by atoms with E-state index in [1.165, 1.54) is 6.26 Å². The molecule has 0 unspecified atom stereocenters. The Bertz CT molecular complexity index is 592. The van der Waals surface area contributed by atoms with Crippen LogP contribution >= 0.6 is 15.9 Å². The summed E-state index contributed by atoms with van der Waals surface area (Å²) in [4.78, 5) is 0. The molecule has 2 heterocycles. The van der Waals surface area contributed by atoms with Crippen LogP contribution in [0.1, 0.15) is 31.2 Å². The number of piperidine rings is 1. The van der Waals surface area contributed by atoms with E-state index in [-0.39, 0.29) is 0 Å². The fourth-order valence-electron chi connectivity index (χ4n) is 2.64. The van der Waals surface area contributed by atoms with Crippen molar-refractivity contribution in [2.75, 3.05) is 19.3 Å². The largest absolute Gasteiger partial charge is 0.308 e. The Kier molecular flexibility index (Phi) is 5.45. The van der Waals surface area contributed by atoms with Crippen molar-refractivity contribution >= 4 is 26.0 Å². The molecule has 1 aliphatic rings. The van der Waals surface area contributed by atoms with Crippen LogP contribution in [0.25, 0.3) is 0 Å². The standard InChI is InChI=1S/C13H23BrN4O2S/c1-4-11-13(14)12(17(2)16-11)9-15-10-5-7-18(8-6-10)21(3,19)20/h10,15H,4-9H2,1-3H3. The highest BCUT2D eigenvalue weighted by molar-refractivity contribution is 9.10. The topological polar surface area (TPSA) is 67.2 Å². The molecule has 0 spiro atoms. The van der Waals surface area contributed by atoms with Crippen molar-refractivity contribution in [3.63, 3.8) is 0 Å². The van der Waals surface area contributed by atoms with E-state index in [1.807, 2.05) is 11.7 Å². The molecule has 0 atom stereocenters. The molecule has 0 radical (unpaired) electrons. The number of halogens is 1. The van der Waals surface area contributed by atoms with Gasteiger partial charge in [0.15, 0.2) is 0 Å². The third-order valence-corrected chi connectivity index (χ3v) is 6.20. The molecule has 0 aromatic carbocycles. The van der Waals surface area contributed by atoms with Crippen molar-refractivity contribution < 1.29 is 8.42 Å². The molecule has 2 rings (SSSR count). The van der Waals surface area contributed by atoms with Gasteiger partial charge in [-0.15, -0.1) is 0 Å². The molecule has 1 aromatic rings. The molecule has 8 heteroatoms. The molecule has 1 aliphatic heterocycles. The van der Waals surface area contributed by atoms with Crippen molar-refractivity contribution in [1.82, 2.24) is 19.4 Å². The number of hydrogen-bond donors (Lipinski definition) is 1. The van der Waals surface area contributed by atoms with E-state index in [0.29, 0.717) is 19.1 Å². The van der Waals surface area contributed by atoms with Gasteiger partial charge in [-0.25, -0.2) is 12.7 Å². The molecular formula is C13H23BrN4O2S. The first-order valence-corrected chi connectivity index (χ1v) is 9.85. The maximum Gasteiger partial charge on any atom is 0.211 e. The average molecular weight is 379 g/mol. The summed E-state index contributed by atoms with van der Waals surface area (Å²) in [5, 5.41) is 8.00. The summed E-state index contributed by atoms with van der Waals surface area (Å²) in [5.41, 5.74) is 2.21. The molecule has 1 N–H and O–H groups in total. The molecule has 0 bridgehead atoms. The fraction of sp³-hybridized carbons (Fsp3) is 0.769. The number of hydrogen-bond acceptors (Lipinski definition) is 4. The van der Waals surface area contributed by atoms with Gasteiger partial charge in [-0.1, -0.05) is 6.92 Å². The number of aromatic nitrogens is 2. The van der Waals surface area contributed by atoms with E-state index in [2.05, 4.69) is 33.3 Å². The van der Waals surface area contributed by atoms with E-state index in [0.717, 1.165) is 41.7 Å². The van der Waals surface area contributed by atoms with Crippen molar-refractivity contribution in [2.24, 2.45) is 7.05 Å². The van der Waals surface area contributed by atoms with Crippen molar-refractivity contribution in [2.45, 2.75) is 38.8 Å². The molecular weight excluding hydrogens is 356 g/mol. The normalized spacial score (nSPS) is 18.3. The van der Waals surface area contributed by atoms with Crippen LogP contribution in [-0.4, -0.2) is 47.9 Å². The Balaban J connectivity index is 1.89. The quantitative estimate of drug-likeness (QED) is 0.837. The van der Waals surface area contributed by atoms with Gasteiger partial charge >= 0.3 is 0 Å². The van der Waals surface area contributed by atoms with E-state index in [4.69, 9.17) is 0 Å². The van der Waals surface area contributed by atoms with Crippen LogP contribution in [0.3, 0.4) is 0 Å². The zero-order valence-electron chi connectivity index (χ0n) is 12.8. The summed E-state index contributed by atoms with van der Waals surface area (Å²) in [5.74, 6) is 0. The summed E-state index contributed by atoms with van der Waals surface area (Å²) in [6.07, 6.45) is 3.88. The molecule has 0 aliphatic carbocycles. The van der Waals surface area contributed by atoms with Crippen LogP contribution in [0.15, 0.2) is 4.47 Å². The Labute approximate surface area is 135 Å². The first kappa shape index (κ1) is 16.9. The van der Waals surface area contributed by atoms with E-state index in [9.17, 15) is 8.42 Å². The minimum atomic E-state index is -3.05. The Morgan fingerprint density at radius 3 is 2.48 bits per heavy atom. The maximum atomic E-state index is 11.5. The van der Waals surface area contributed by atoms with Crippen LogP contribution in [0, 0.1) is 0 Å². The molecule has 1 saturated heterocycles. The molecule has 0 amide bonds. The smallest absolute Gasteiger partial charge is 0.211 e. The highest BCUT2D eigenvalue weighted by atomic mass is 79.9. The van der Waals surface area contributed by atoms with E-state index in [1.54, 1.807) is 4.31 Å². The first-order chi connectivity index (χ1) is 9.82. The summed E-state index contributed by atoms with van der Waals surface area (Å²) in [7, 11) is -1.09. The second-order valence-electron chi connectivity index (χ2n) is 5.50. The van der Waals surface area contributed by atoms with E-state index < -0.39 is 10.0 Å². The van der Waals surface area contributed by atoms with Gasteiger partial charge in [-0.05, 0) is 35.2 Å². The predicted molar refractivity (Wildman–Crippen MR) is 86.6 cm³/mol. The van der Waals surface area contributed by atoms with Gasteiger partial charge in [0, 0.05) is 32.7 Å². The van der Waals surface area contributed by atoms with Crippen LogP contribution in [0.5, 0.6) is 0 Å². The summed E-state index contributed by atoms with van der Waals surface area (Å²) in [6, 6.07) is 0.356. The van der Waals surface area contributed by atoms with Crippen molar-refractivity contribution in [1.29, 1.82) is 0 Å². The maximum absolute atomic E-state index is 11.5. The number of rotatable bonds is 5. The number of aryl methyl sites for hydroxylation is 2. The summed E-state index contributed by atoms with van der Waals surface area (Å²) < 4.78 is 27.5. The third-order valence-electron chi connectivity index (χ3n) is 3.98. The highest BCUT2D eigenvalue weighted by Gasteiger charge is 2.25. The van der Waals surface area contributed by atoms with Crippen LogP contribution < -0.4 is 5.32 Å². The molecule has 1 aromatic heterocycles. The van der Waals surface area contributed by atoms with Gasteiger partial charge in [0.1, 0.15) is 0 Å². The van der Waals surface area contributed by atoms with Crippen molar-refractivity contribution in [3.8, 4) is 0 Å². The lowest BCUT2D eigenvalue weighted by Gasteiger charge is -2.30. The molecule has 0 saturated carbocycles. The monoisotopic (exact) mass is 378 g/mol. The van der Waals surface area contributed by atoms with Gasteiger partial charge in [-0.3, -0.25) is 4.68 Å². The SMILES string of the molecule is CCc1nn(C)c(CNC2CCN(S(C)(=O)=O)CC2)c1Br. The number of nitrogens with one attached hydrogen (secondary N) is 1. The number of nitrogens with zero attached hydrogens (tertiary/aromatic N) is 3. The molecule has 21 heavy (non-hydrogen) atoms. The zero-order valence-corrected chi connectivity index (χ0v) is 15.2. The first-order valence-electron chi connectivity index (χ1n) is 7.21. The molecule has 6 nitrogen and oxygen atoms in total. The van der Waals surface area contributed by atoms with Gasteiger partial charge in [0.25, 0.3) is 0 Å². The summed E-state index contributed by atoms with van der Waals surface area (Å²) >= 11 is 3.61. The van der Waals surface area contributed by atoms with Gasteiger partial charge < -0.3 is 5.32 Å². The zero-order chi connectivity index (χ0) is 15.6. The van der Waals surface area contributed by atoms with Gasteiger partial charge in [0.05, 0.1) is 22.1 Å². The Morgan fingerprint density at radius 1 is 1.38 bits per heavy atom. The lowest BCUT2D eigenvalue weighted by molar-refractivity contribution is 0.288. The van der Waals surface area contributed by atoms with Gasteiger partial charge in [-0.2, -0.15) is 5.10 Å². The fourth-order valence-corrected chi connectivity index (χ4v) is 4.28. The van der Waals surface area contributed by atoms with E-state index >= 15 is 0 Å². The van der Waals surface area contributed by atoms with Crippen LogP contribution in [0.4, 0.5) is 0 Å². The highest BCUT2D eigenvalue weighted by Crippen LogP contribution is 2.22. The molecule has 1 fully saturated rings. The number of sulfonamides is 1. The predicted octanol–water partition coefficient (Wildman–Crippen LogP) is 1.26. The van der Waals surface area contributed by atoms with Crippen LogP contribution in [0.2, 0.25) is 0 Å². The Hall–Kier alpha value is -0.440. The van der Waals surface area contributed by atoms with Crippen molar-refractivity contribution in [3.05, 3.63) is 15.9 Å². The minimum absolute atomic E-state index is 0.356. The third kappa shape index (κ3) is 4.06. The lowest BCUT2D eigenvalue weighted by atomic mass is 10.1. The van der Waals surface area contributed by atoms with Crippen LogP contribution in [-0.2, 0) is 30.0 Å². The molecule has 120 valence electrons. The summed E-state index contributed by atoms with van der Waals surface area (Å²) in [6.45, 7) is 4.03. The average Bonchev–Trinajstić information content (AvgIpc) is 2.70. The second kappa shape index (κ2) is 6.76. The van der Waals surface area contributed by atoms with Gasteiger partial charge in [0.2, 0.25) is 10.0 Å². The second-order valence-corrected chi connectivity index (χ2v) is 8.28.